The minimum absolute atomic E-state index is 0.0449. The maximum Gasteiger partial charge on any atom is 0.271 e. The van der Waals surface area contributed by atoms with Gasteiger partial charge < -0.3 is 26.1 Å². The summed E-state index contributed by atoms with van der Waals surface area (Å²) in [7, 11) is 0. The Bertz CT molecular complexity index is 5230. The fourth-order valence-electron chi connectivity index (χ4n) is 14.7. The molecule has 5 saturated carbocycles. The maximum atomic E-state index is 12.5. The van der Waals surface area contributed by atoms with Gasteiger partial charge in [0.25, 0.3) is 11.5 Å². The first-order valence-corrected chi connectivity index (χ1v) is 40.8. The minimum atomic E-state index is -0.0449. The number of halogens is 1. The highest BCUT2D eigenvalue weighted by Gasteiger charge is 2.32. The van der Waals surface area contributed by atoms with Gasteiger partial charge in [-0.25, -0.2) is 44.9 Å². The molecule has 0 aliphatic heterocycles. The van der Waals surface area contributed by atoms with E-state index in [1.165, 1.54) is 76.2 Å². The molecule has 0 unspecified atom stereocenters. The van der Waals surface area contributed by atoms with Gasteiger partial charge in [-0.1, -0.05) is 149 Å². The highest BCUT2D eigenvalue weighted by Crippen LogP contribution is 2.43. The molecule has 23 heteroatoms. The van der Waals surface area contributed by atoms with Crippen LogP contribution in [-0.4, -0.2) is 78.6 Å². The van der Waals surface area contributed by atoms with Crippen molar-refractivity contribution < 1.29 is 4.79 Å². The zero-order valence-electron chi connectivity index (χ0n) is 68.5. The predicted octanol–water partition coefficient (Wildman–Crippen LogP) is 23.1. The van der Waals surface area contributed by atoms with E-state index in [2.05, 4.69) is 187 Å². The number of carbonyl (C=O) groups excluding carboxylic acids is 1. The molecule has 112 heavy (non-hydrogen) atoms. The number of carbonyl (C=O) groups is 1. The second kappa shape index (κ2) is 35.2. The molecule has 590 valence electrons. The van der Waals surface area contributed by atoms with Crippen molar-refractivity contribution in [2.75, 3.05) is 26.6 Å². The zero-order valence-corrected chi connectivity index (χ0v) is 69.3. The Kier molecular flexibility index (Phi) is 25.5. The summed E-state index contributed by atoms with van der Waals surface area (Å²) in [6.07, 6.45) is 23.7. The van der Waals surface area contributed by atoms with Crippen LogP contribution in [0.2, 0.25) is 5.02 Å². The van der Waals surface area contributed by atoms with E-state index in [1.807, 2.05) is 88.4 Å². The third kappa shape index (κ3) is 20.3. The van der Waals surface area contributed by atoms with Crippen molar-refractivity contribution in [3.8, 4) is 0 Å². The smallest absolute Gasteiger partial charge is 0.271 e. The maximum absolute atomic E-state index is 12.5. The van der Waals surface area contributed by atoms with E-state index in [1.54, 1.807) is 12.3 Å². The number of benzene rings is 1. The van der Waals surface area contributed by atoms with Crippen LogP contribution in [0.3, 0.4) is 0 Å². The first-order chi connectivity index (χ1) is 53.4. The summed E-state index contributed by atoms with van der Waals surface area (Å²) >= 11 is 6.05. The molecule has 0 atom stereocenters. The van der Waals surface area contributed by atoms with E-state index >= 15 is 0 Å². The number of allylic oxidation sites excluding steroid dienone is 4. The summed E-state index contributed by atoms with van der Waals surface area (Å²) in [5.41, 5.74) is 18.6. The average molecular weight is 1530 g/mol. The van der Waals surface area contributed by atoms with Crippen molar-refractivity contribution >= 4 is 109 Å². The Morgan fingerprint density at radius 3 is 1.10 bits per heavy atom. The highest BCUT2D eigenvalue weighted by atomic mass is 35.5. The van der Waals surface area contributed by atoms with Crippen LogP contribution in [-0.2, 0) is 11.2 Å². The van der Waals surface area contributed by atoms with Crippen molar-refractivity contribution in [1.29, 1.82) is 0 Å². The SMILES string of the molecule is C=C(CC(C)(C)C)Nc1nc2cc(Cl)cnc2n1C1CCC1.C=C(CC(C)(C)C)Nc1nc2ccc(C)nc2n1C1CCC1.C=C(CC(C)C)Nc1nc2ccc(C)nc2n1C1CCC1.Cc1ccc(CC(=O)Nc2nc3ccc(C)nc3n2C2CCC2)cc1.[C-]#[N+]c1ccc2nc(NC(=C)CC(C)C)n(C3CCC3)c2n1. The molecular formula is C89H116ClN21O. The van der Waals surface area contributed by atoms with Crippen LogP contribution in [0.4, 0.5) is 35.6 Å². The number of hydrogen-bond acceptors (Lipinski definition) is 15. The van der Waals surface area contributed by atoms with Gasteiger partial charge in [0.1, 0.15) is 27.6 Å². The Morgan fingerprint density at radius 2 is 0.768 bits per heavy atom. The van der Waals surface area contributed by atoms with Gasteiger partial charge in [0.15, 0.2) is 22.6 Å². The quantitative estimate of drug-likeness (QED) is 0.0397. The van der Waals surface area contributed by atoms with Gasteiger partial charge in [-0.05, 0) is 233 Å². The molecule has 11 aromatic rings. The summed E-state index contributed by atoms with van der Waals surface area (Å²) in [6.45, 7) is 53.8. The van der Waals surface area contributed by atoms with Gasteiger partial charge in [-0.15, -0.1) is 0 Å². The molecule has 10 heterocycles. The van der Waals surface area contributed by atoms with Crippen molar-refractivity contribution in [2.24, 2.45) is 22.7 Å². The summed E-state index contributed by atoms with van der Waals surface area (Å²) < 4.78 is 11.0. The first kappa shape index (κ1) is 81.2. The molecule has 0 radical (unpaired) electrons. The van der Waals surface area contributed by atoms with E-state index in [0.29, 0.717) is 65.3 Å². The fourth-order valence-corrected chi connectivity index (χ4v) is 14.9. The molecule has 1 aromatic carbocycles. The molecule has 5 N–H and O–H groups in total. The van der Waals surface area contributed by atoms with Crippen LogP contribution in [0.25, 0.3) is 60.7 Å². The van der Waals surface area contributed by atoms with Gasteiger partial charge in [0, 0.05) is 76.3 Å². The van der Waals surface area contributed by atoms with Crippen molar-refractivity contribution in [3.63, 3.8) is 0 Å². The zero-order chi connectivity index (χ0) is 79.9. The Labute approximate surface area is 666 Å². The Balaban J connectivity index is 0.000000130. The van der Waals surface area contributed by atoms with Crippen LogP contribution >= 0.6 is 11.6 Å². The van der Waals surface area contributed by atoms with Crippen molar-refractivity contribution in [2.45, 2.75) is 256 Å². The highest BCUT2D eigenvalue weighted by molar-refractivity contribution is 6.31. The molecular weight excluding hydrogens is 1410 g/mol. The molecule has 5 aliphatic rings. The van der Waals surface area contributed by atoms with Crippen LogP contribution in [0.15, 0.2) is 134 Å². The molecule has 0 saturated heterocycles. The molecule has 0 spiro atoms. The monoisotopic (exact) mass is 1530 g/mol. The van der Waals surface area contributed by atoms with Gasteiger partial charge in [-0.3, -0.25) is 32.9 Å². The van der Waals surface area contributed by atoms with E-state index in [4.69, 9.17) is 43.1 Å². The largest absolute Gasteiger partial charge is 0.361 e. The topological polar surface area (TPSA) is 235 Å². The molecule has 10 aromatic heterocycles. The number of fused-ring (bicyclic) bond motifs is 5. The third-order valence-electron chi connectivity index (χ3n) is 21.0. The standard InChI is InChI=1S/C20H22N4O.C18H26N4.C17H23ClN4.C17H21N5.C17H24N4/c1-13-6-9-15(10-7-13)12-18(25)23-20-22-17-11-8-14(2)21-19(17)24(20)16-4-3-5-16;1-12-9-10-15-16(19-12)22(14-7-6-8-14)17(21-15)20-13(2)11-18(3,4)5;1-11(9-17(2,3)4)20-16-21-14-8-12(18)10-19-15(14)22(16)13-6-5-7-13;1-11(2)10-12(3)19-17-20-14-8-9-15(18-4)21-16(14)22(17)13-6-5-7-13;1-11(2)10-13(4)19-17-20-15-9-8-12(3)18-16(15)21(17)14-6-5-7-14/h6-11,16H,3-5,12H2,1-2H3,(H,22,23,25);9-10,14H,2,6-8,11H2,1,3-5H3,(H,20,21);8,10,13H,1,5-7,9H2,2-4H3,(H,20,21);8-9,11,13H,3,5-7,10H2,1-2H3,(H,19,20);8-9,11,14H,4-7,10H2,1-3H3,(H,19,20). The Morgan fingerprint density at radius 1 is 0.446 bits per heavy atom. The lowest BCUT2D eigenvalue weighted by atomic mass is 9.91. The molecule has 5 aliphatic carbocycles. The second-order valence-electron chi connectivity index (χ2n) is 34.8. The molecule has 5 fully saturated rings. The molecule has 1 amide bonds. The van der Waals surface area contributed by atoms with E-state index in [-0.39, 0.29) is 16.7 Å². The lowest BCUT2D eigenvalue weighted by Crippen LogP contribution is -2.23. The average Bonchev–Trinajstić information content (AvgIpc) is 1.65. The van der Waals surface area contributed by atoms with Gasteiger partial charge >= 0.3 is 0 Å². The number of nitrogens with one attached hydrogen (secondary N) is 5. The summed E-state index contributed by atoms with van der Waals surface area (Å²) in [5.74, 6) is 5.57. The number of aromatic nitrogens is 15. The summed E-state index contributed by atoms with van der Waals surface area (Å²) in [6, 6.07) is 27.9. The van der Waals surface area contributed by atoms with E-state index in [9.17, 15) is 4.79 Å². The third-order valence-corrected chi connectivity index (χ3v) is 21.3. The number of nitrogens with zero attached hydrogens (tertiary/aromatic N) is 16. The number of imidazole rings is 5. The first-order valence-electron chi connectivity index (χ1n) is 40.4. The normalized spacial score (nSPS) is 15.2. The minimum Gasteiger partial charge on any atom is -0.361 e. The number of rotatable bonds is 22. The van der Waals surface area contributed by atoms with Crippen LogP contribution in [0.5, 0.6) is 0 Å². The van der Waals surface area contributed by atoms with Crippen LogP contribution < -0.4 is 26.6 Å². The molecule has 0 bridgehead atoms. The lowest BCUT2D eigenvalue weighted by molar-refractivity contribution is -0.115. The van der Waals surface area contributed by atoms with Gasteiger partial charge in [0.05, 0.1) is 11.4 Å². The molecule has 22 nitrogen and oxygen atoms in total. The van der Waals surface area contributed by atoms with Gasteiger partial charge in [0.2, 0.25) is 35.6 Å². The number of anilines is 5. The van der Waals surface area contributed by atoms with Crippen molar-refractivity contribution in [3.05, 3.63) is 179 Å². The second-order valence-corrected chi connectivity index (χ2v) is 35.2. The van der Waals surface area contributed by atoms with E-state index in [0.717, 1.165) is 176 Å². The fraction of sp³-hybridized carbons (Fsp3) is 0.483. The van der Waals surface area contributed by atoms with E-state index < -0.39 is 0 Å². The number of pyridine rings is 5. The van der Waals surface area contributed by atoms with Crippen LogP contribution in [0.1, 0.15) is 250 Å². The number of aryl methyl sites for hydroxylation is 4. The van der Waals surface area contributed by atoms with Crippen molar-refractivity contribution in [1.82, 2.24) is 72.7 Å². The van der Waals surface area contributed by atoms with Crippen LogP contribution in [0, 0.1) is 56.9 Å². The predicted molar refractivity (Wildman–Crippen MR) is 459 cm³/mol. The lowest BCUT2D eigenvalue weighted by Gasteiger charge is -2.29. The summed E-state index contributed by atoms with van der Waals surface area (Å²) in [4.78, 5) is 62.4. The number of amides is 1. The Hall–Kier alpha value is -10.3. The number of hydrogen-bond donors (Lipinski definition) is 5. The molecule has 16 rings (SSSR count). The summed E-state index contributed by atoms with van der Waals surface area (Å²) in [5, 5.41) is 17.2. The van der Waals surface area contributed by atoms with Gasteiger partial charge in [-0.2, -0.15) is 0 Å².